The molecule has 2 unspecified atom stereocenters. The summed E-state index contributed by atoms with van der Waals surface area (Å²) in [6.07, 6.45) is 3.65. The minimum absolute atomic E-state index is 0.000548. The van der Waals surface area contributed by atoms with Crippen molar-refractivity contribution in [2.75, 3.05) is 65.0 Å². The highest BCUT2D eigenvalue weighted by Crippen LogP contribution is 2.33. The summed E-state index contributed by atoms with van der Waals surface area (Å²) in [7, 11) is 0. The number of amides is 6. The van der Waals surface area contributed by atoms with Gasteiger partial charge >= 0.3 is 6.03 Å². The lowest BCUT2D eigenvalue weighted by molar-refractivity contribution is -0.129. The van der Waals surface area contributed by atoms with Gasteiger partial charge < -0.3 is 52.3 Å². The first-order valence-electron chi connectivity index (χ1n) is 14.0. The quantitative estimate of drug-likeness (QED) is 0.0488. The number of hydrogen-bond donors (Lipinski definition) is 7. The Labute approximate surface area is 244 Å². The van der Waals surface area contributed by atoms with Crippen LogP contribution in [-0.2, 0) is 33.4 Å². The van der Waals surface area contributed by atoms with Crippen LogP contribution in [0.2, 0.25) is 0 Å². The molecule has 2 heterocycles. The van der Waals surface area contributed by atoms with E-state index in [0.29, 0.717) is 44.5 Å². The number of hydrogen-bond acceptors (Lipinski definition) is 10. The molecule has 2 aliphatic rings. The summed E-state index contributed by atoms with van der Waals surface area (Å²) in [5.41, 5.74) is 10.6. The molecule has 2 rings (SSSR count). The number of ether oxygens (including phenoxy) is 3. The molecule has 2 aliphatic heterocycles. The molecule has 0 bridgehead atoms. The fraction of sp³-hybridized carbons (Fsp3) is 0.800. The van der Waals surface area contributed by atoms with E-state index in [0.717, 1.165) is 25.0 Å². The molecule has 0 aromatic rings. The first-order valence-corrected chi connectivity index (χ1v) is 15.1. The summed E-state index contributed by atoms with van der Waals surface area (Å²) in [5.74, 6) is -0.409. The molecule has 9 N–H and O–H groups in total. The molecule has 234 valence electrons. The first kappa shape index (κ1) is 34.5. The second kappa shape index (κ2) is 20.3. The van der Waals surface area contributed by atoms with Crippen LogP contribution in [0.3, 0.4) is 0 Å². The van der Waals surface area contributed by atoms with Gasteiger partial charge in [0.05, 0.1) is 51.7 Å². The molecule has 0 aliphatic carbocycles. The van der Waals surface area contributed by atoms with Gasteiger partial charge in [0.15, 0.2) is 0 Å². The third kappa shape index (κ3) is 15.2. The average Bonchev–Trinajstić information content (AvgIpc) is 3.49. The van der Waals surface area contributed by atoms with Crippen molar-refractivity contribution in [3.05, 3.63) is 0 Å². The maximum atomic E-state index is 12.0. The van der Waals surface area contributed by atoms with E-state index in [9.17, 15) is 24.0 Å². The Hall–Kier alpha value is -2.66. The lowest BCUT2D eigenvalue weighted by atomic mass is 10.0. The molecule has 15 nitrogen and oxygen atoms in total. The van der Waals surface area contributed by atoms with Crippen molar-refractivity contribution < 1.29 is 38.2 Å². The molecule has 4 atom stereocenters. The van der Waals surface area contributed by atoms with Crippen LogP contribution in [0.5, 0.6) is 0 Å². The largest absolute Gasteiger partial charge is 0.377 e. The molecule has 0 radical (unpaired) electrons. The summed E-state index contributed by atoms with van der Waals surface area (Å²) in [5, 5.41) is 14.2. The standard InChI is InChI=1S/C25H45N7O8S/c26-13-17(5-6-20(27)33)30-22(35)14-29-23(36)15-40-12-11-39-10-9-38-8-7-28-21(34)4-2-1-3-19-24-18(16-41-19)31-25(37)32-24/h17-19,24H,1-16,26H2,(H2,27,33)(H,28,34)(H,29,36)(H,30,35)(H2,31,32,37)/t17-,18?,19-,24?/m0/s1. The predicted molar refractivity (Wildman–Crippen MR) is 152 cm³/mol. The van der Waals surface area contributed by atoms with Crippen LogP contribution in [0.1, 0.15) is 38.5 Å². The van der Waals surface area contributed by atoms with Crippen molar-refractivity contribution in [1.29, 1.82) is 0 Å². The number of carbonyl (C=O) groups excluding carboxylic acids is 5. The lowest BCUT2D eigenvalue weighted by Gasteiger charge is -2.16. The number of carbonyl (C=O) groups is 5. The Kier molecular flexibility index (Phi) is 17.1. The molecule has 2 fully saturated rings. The molecule has 0 saturated carbocycles. The highest BCUT2D eigenvalue weighted by atomic mass is 32.2. The Morgan fingerprint density at radius 1 is 0.927 bits per heavy atom. The maximum Gasteiger partial charge on any atom is 0.315 e. The number of unbranched alkanes of at least 4 members (excludes halogenated alkanes) is 1. The number of primary amides is 1. The highest BCUT2D eigenvalue weighted by molar-refractivity contribution is 8.00. The van der Waals surface area contributed by atoms with Gasteiger partial charge in [-0.25, -0.2) is 4.79 Å². The smallest absolute Gasteiger partial charge is 0.315 e. The van der Waals surface area contributed by atoms with E-state index in [1.165, 1.54) is 0 Å². The first-order chi connectivity index (χ1) is 19.8. The third-order valence-electron chi connectivity index (χ3n) is 6.46. The molecule has 6 amide bonds. The number of nitrogens with two attached hydrogens (primary N) is 2. The fourth-order valence-electron chi connectivity index (χ4n) is 4.30. The van der Waals surface area contributed by atoms with Crippen molar-refractivity contribution >= 4 is 41.4 Å². The molecule has 41 heavy (non-hydrogen) atoms. The third-order valence-corrected chi connectivity index (χ3v) is 7.97. The normalized spacial score (nSPS) is 20.0. The zero-order valence-electron chi connectivity index (χ0n) is 23.5. The molecule has 2 saturated heterocycles. The van der Waals surface area contributed by atoms with Gasteiger partial charge in [-0.15, -0.1) is 0 Å². The minimum Gasteiger partial charge on any atom is -0.377 e. The number of thioether (sulfide) groups is 1. The van der Waals surface area contributed by atoms with E-state index in [4.69, 9.17) is 25.7 Å². The van der Waals surface area contributed by atoms with Gasteiger partial charge in [0.1, 0.15) is 6.61 Å². The van der Waals surface area contributed by atoms with E-state index in [1.807, 2.05) is 11.8 Å². The number of rotatable bonds is 23. The summed E-state index contributed by atoms with van der Waals surface area (Å²) in [4.78, 5) is 57.9. The van der Waals surface area contributed by atoms with Gasteiger partial charge in [-0.05, 0) is 19.3 Å². The van der Waals surface area contributed by atoms with E-state index in [1.54, 1.807) is 0 Å². The van der Waals surface area contributed by atoms with Crippen LogP contribution >= 0.6 is 11.8 Å². The number of nitrogens with one attached hydrogen (secondary N) is 5. The predicted octanol–water partition coefficient (Wildman–Crippen LogP) is -2.30. The zero-order chi connectivity index (χ0) is 29.9. The maximum absolute atomic E-state index is 12.0. The van der Waals surface area contributed by atoms with Gasteiger partial charge in [-0.3, -0.25) is 19.2 Å². The molecular formula is C25H45N7O8S. The molecule has 16 heteroatoms. The fourth-order valence-corrected chi connectivity index (χ4v) is 5.85. The summed E-state index contributed by atoms with van der Waals surface area (Å²) >= 11 is 1.88. The Morgan fingerprint density at radius 3 is 2.39 bits per heavy atom. The van der Waals surface area contributed by atoms with Crippen molar-refractivity contribution in [1.82, 2.24) is 26.6 Å². The Bertz CT molecular complexity index is 853. The van der Waals surface area contributed by atoms with E-state index < -0.39 is 23.8 Å². The molecule has 0 aromatic carbocycles. The van der Waals surface area contributed by atoms with Crippen LogP contribution in [-0.4, -0.2) is 118 Å². The summed E-state index contributed by atoms with van der Waals surface area (Å²) in [6.45, 7) is 1.69. The number of fused-ring (bicyclic) bond motifs is 1. The van der Waals surface area contributed by atoms with E-state index >= 15 is 0 Å². The van der Waals surface area contributed by atoms with Crippen molar-refractivity contribution in [2.24, 2.45) is 11.5 Å². The van der Waals surface area contributed by atoms with Crippen LogP contribution < -0.4 is 38.1 Å². The average molecular weight is 604 g/mol. The van der Waals surface area contributed by atoms with Gasteiger partial charge in [0.25, 0.3) is 0 Å². The second-order valence-corrected chi connectivity index (χ2v) is 11.0. The van der Waals surface area contributed by atoms with Crippen LogP contribution in [0.25, 0.3) is 0 Å². The number of urea groups is 1. The second-order valence-electron chi connectivity index (χ2n) is 9.78. The SMILES string of the molecule is NC[C@H](CCC(N)=O)NC(=O)CNC(=O)COCCOCCOCCNC(=O)CCCC[C@@H]1SCC2NC(=O)NC21. The van der Waals surface area contributed by atoms with Crippen molar-refractivity contribution in [3.63, 3.8) is 0 Å². The van der Waals surface area contributed by atoms with Crippen molar-refractivity contribution in [3.8, 4) is 0 Å². The van der Waals surface area contributed by atoms with Gasteiger partial charge in [0, 0.05) is 43.0 Å². The monoisotopic (exact) mass is 603 g/mol. The van der Waals surface area contributed by atoms with E-state index in [2.05, 4.69) is 26.6 Å². The topological polar surface area (TPSA) is 225 Å². The Morgan fingerprint density at radius 2 is 1.66 bits per heavy atom. The molecular weight excluding hydrogens is 558 g/mol. The Balaban J connectivity index is 1.32. The van der Waals surface area contributed by atoms with Crippen molar-refractivity contribution in [2.45, 2.75) is 61.9 Å². The summed E-state index contributed by atoms with van der Waals surface area (Å²) < 4.78 is 16.0. The van der Waals surface area contributed by atoms with Crippen LogP contribution in [0.15, 0.2) is 0 Å². The van der Waals surface area contributed by atoms with E-state index in [-0.39, 0.29) is 63.4 Å². The van der Waals surface area contributed by atoms with Gasteiger partial charge in [0.2, 0.25) is 23.6 Å². The minimum atomic E-state index is -0.475. The highest BCUT2D eigenvalue weighted by Gasteiger charge is 2.42. The van der Waals surface area contributed by atoms with Crippen LogP contribution in [0, 0.1) is 0 Å². The van der Waals surface area contributed by atoms with Gasteiger partial charge in [-0.2, -0.15) is 11.8 Å². The van der Waals surface area contributed by atoms with Gasteiger partial charge in [-0.1, -0.05) is 6.42 Å². The molecule has 0 aromatic heterocycles. The van der Waals surface area contributed by atoms with Crippen LogP contribution in [0.4, 0.5) is 4.79 Å². The molecule has 0 spiro atoms. The summed E-state index contributed by atoms with van der Waals surface area (Å²) in [6, 6.07) is -0.0438. The zero-order valence-corrected chi connectivity index (χ0v) is 24.3. The lowest BCUT2D eigenvalue weighted by Crippen LogP contribution is -2.45.